The van der Waals surface area contributed by atoms with E-state index in [-0.39, 0.29) is 11.9 Å². The Balaban J connectivity index is 1.96. The largest absolute Gasteiger partial charge is 0.426 e. The van der Waals surface area contributed by atoms with Crippen molar-refractivity contribution in [2.45, 2.75) is 6.42 Å². The van der Waals surface area contributed by atoms with E-state index in [0.29, 0.717) is 24.0 Å². The van der Waals surface area contributed by atoms with Crippen molar-refractivity contribution in [3.63, 3.8) is 0 Å². The van der Waals surface area contributed by atoms with Crippen molar-refractivity contribution in [2.24, 2.45) is 5.92 Å². The Morgan fingerprint density at radius 3 is 2.73 bits per heavy atom. The smallest absolute Gasteiger partial charge is 0.316 e. The van der Waals surface area contributed by atoms with Gasteiger partial charge in [0, 0.05) is 11.6 Å². The van der Waals surface area contributed by atoms with E-state index >= 15 is 0 Å². The molecule has 0 amide bonds. The van der Waals surface area contributed by atoms with Crippen LogP contribution in [0.2, 0.25) is 5.02 Å². The first kappa shape index (κ1) is 10.5. The van der Waals surface area contributed by atoms with Crippen LogP contribution in [0.1, 0.15) is 6.42 Å². The molecule has 15 heavy (non-hydrogen) atoms. The van der Waals surface area contributed by atoms with Gasteiger partial charge in [0.2, 0.25) is 0 Å². The number of carbonyl (C=O) groups is 1. The van der Waals surface area contributed by atoms with E-state index in [1.54, 1.807) is 24.3 Å². The average Bonchev–Trinajstić information content (AvgIpc) is 2.74. The van der Waals surface area contributed by atoms with Crippen LogP contribution in [0.15, 0.2) is 24.3 Å². The molecular weight excluding hydrogens is 216 g/mol. The van der Waals surface area contributed by atoms with E-state index < -0.39 is 0 Å². The molecular formula is C11H11ClO3. The summed E-state index contributed by atoms with van der Waals surface area (Å²) in [5, 5.41) is 0.624. The summed E-state index contributed by atoms with van der Waals surface area (Å²) >= 11 is 5.71. The summed E-state index contributed by atoms with van der Waals surface area (Å²) in [5.74, 6) is 0.173. The first-order valence-electron chi connectivity index (χ1n) is 4.81. The lowest BCUT2D eigenvalue weighted by Crippen LogP contribution is -2.20. The second-order valence-corrected chi connectivity index (χ2v) is 3.87. The van der Waals surface area contributed by atoms with Gasteiger partial charge in [0.15, 0.2) is 0 Å². The minimum absolute atomic E-state index is 0.124. The Morgan fingerprint density at radius 1 is 1.40 bits per heavy atom. The van der Waals surface area contributed by atoms with Crippen molar-refractivity contribution in [3.05, 3.63) is 29.3 Å². The third-order valence-electron chi connectivity index (χ3n) is 2.30. The van der Waals surface area contributed by atoms with Crippen molar-refractivity contribution in [1.82, 2.24) is 0 Å². The zero-order valence-corrected chi connectivity index (χ0v) is 8.87. The fourth-order valence-electron chi connectivity index (χ4n) is 1.42. The average molecular weight is 227 g/mol. The van der Waals surface area contributed by atoms with Crippen LogP contribution in [0, 0.1) is 5.92 Å². The third-order valence-corrected chi connectivity index (χ3v) is 2.55. The van der Waals surface area contributed by atoms with Gasteiger partial charge in [0.1, 0.15) is 5.75 Å². The molecule has 1 aliphatic heterocycles. The maximum Gasteiger partial charge on any atom is 0.316 e. The molecule has 0 spiro atoms. The van der Waals surface area contributed by atoms with E-state index in [9.17, 15) is 4.79 Å². The van der Waals surface area contributed by atoms with Crippen LogP contribution in [-0.2, 0) is 9.53 Å². The van der Waals surface area contributed by atoms with Crippen LogP contribution in [-0.4, -0.2) is 19.2 Å². The van der Waals surface area contributed by atoms with Crippen molar-refractivity contribution in [1.29, 1.82) is 0 Å². The molecule has 1 aromatic rings. The van der Waals surface area contributed by atoms with Gasteiger partial charge in [-0.05, 0) is 30.7 Å². The molecule has 2 rings (SSSR count). The predicted molar refractivity (Wildman–Crippen MR) is 56.0 cm³/mol. The van der Waals surface area contributed by atoms with Gasteiger partial charge in [-0.1, -0.05) is 11.6 Å². The molecule has 1 saturated heterocycles. The van der Waals surface area contributed by atoms with Crippen LogP contribution in [0.5, 0.6) is 5.75 Å². The molecule has 0 N–H and O–H groups in total. The van der Waals surface area contributed by atoms with Gasteiger partial charge >= 0.3 is 5.97 Å². The van der Waals surface area contributed by atoms with Crippen LogP contribution >= 0.6 is 11.6 Å². The van der Waals surface area contributed by atoms with E-state index in [1.807, 2.05) is 0 Å². The van der Waals surface area contributed by atoms with E-state index in [1.165, 1.54) is 0 Å². The second kappa shape index (κ2) is 4.64. The molecule has 0 aliphatic carbocycles. The Labute approximate surface area is 92.9 Å². The summed E-state index contributed by atoms with van der Waals surface area (Å²) in [7, 11) is 0. The molecule has 0 aromatic heterocycles. The molecule has 1 fully saturated rings. The minimum Gasteiger partial charge on any atom is -0.426 e. The molecule has 0 radical (unpaired) electrons. The first-order valence-corrected chi connectivity index (χ1v) is 5.18. The molecule has 1 unspecified atom stereocenters. The Hall–Kier alpha value is -1.06. The summed E-state index contributed by atoms with van der Waals surface area (Å²) in [6, 6.07) is 6.73. The maximum atomic E-state index is 11.6. The molecule has 1 aromatic carbocycles. The summed E-state index contributed by atoms with van der Waals surface area (Å²) in [6.07, 6.45) is 0.742. The molecule has 1 atom stereocenters. The molecule has 4 heteroatoms. The number of halogens is 1. The highest BCUT2D eigenvalue weighted by Gasteiger charge is 2.25. The standard InChI is InChI=1S/C11H11ClO3/c12-9-1-3-10(4-2-9)15-11(13)8-5-6-14-7-8/h1-4,8H,5-7H2. The molecule has 3 nitrogen and oxygen atoms in total. The van der Waals surface area contributed by atoms with E-state index in [2.05, 4.69) is 0 Å². The second-order valence-electron chi connectivity index (χ2n) is 3.44. The number of carbonyl (C=O) groups excluding carboxylic acids is 1. The number of hydrogen-bond acceptors (Lipinski definition) is 3. The molecule has 1 heterocycles. The monoisotopic (exact) mass is 226 g/mol. The number of ether oxygens (including phenoxy) is 2. The van der Waals surface area contributed by atoms with E-state index in [4.69, 9.17) is 21.1 Å². The minimum atomic E-state index is -0.227. The maximum absolute atomic E-state index is 11.6. The van der Waals surface area contributed by atoms with Crippen LogP contribution < -0.4 is 4.74 Å². The van der Waals surface area contributed by atoms with Gasteiger partial charge in [-0.3, -0.25) is 4.79 Å². The lowest BCUT2D eigenvalue weighted by Gasteiger charge is -2.07. The highest BCUT2D eigenvalue weighted by Crippen LogP contribution is 2.19. The zero-order chi connectivity index (χ0) is 10.7. The Bertz CT molecular complexity index is 341. The topological polar surface area (TPSA) is 35.5 Å². The van der Waals surface area contributed by atoms with Crippen molar-refractivity contribution < 1.29 is 14.3 Å². The number of benzene rings is 1. The summed E-state index contributed by atoms with van der Waals surface area (Å²) in [4.78, 5) is 11.6. The van der Waals surface area contributed by atoms with Crippen molar-refractivity contribution in [3.8, 4) is 5.75 Å². The molecule has 80 valence electrons. The summed E-state index contributed by atoms with van der Waals surface area (Å²) in [6.45, 7) is 1.10. The van der Waals surface area contributed by atoms with Crippen LogP contribution in [0.4, 0.5) is 0 Å². The van der Waals surface area contributed by atoms with Crippen molar-refractivity contribution >= 4 is 17.6 Å². The zero-order valence-electron chi connectivity index (χ0n) is 8.11. The predicted octanol–water partition coefficient (Wildman–Crippen LogP) is 2.28. The fourth-order valence-corrected chi connectivity index (χ4v) is 1.55. The van der Waals surface area contributed by atoms with Gasteiger partial charge in [0.05, 0.1) is 12.5 Å². The SMILES string of the molecule is O=C(Oc1ccc(Cl)cc1)C1CCOC1. The third kappa shape index (κ3) is 2.70. The van der Waals surface area contributed by atoms with Crippen LogP contribution in [0.3, 0.4) is 0 Å². The van der Waals surface area contributed by atoms with E-state index in [0.717, 1.165) is 6.42 Å². The number of esters is 1. The fraction of sp³-hybridized carbons (Fsp3) is 0.364. The molecule has 1 aliphatic rings. The Morgan fingerprint density at radius 2 is 2.13 bits per heavy atom. The summed E-state index contributed by atoms with van der Waals surface area (Å²) in [5.41, 5.74) is 0. The number of hydrogen-bond donors (Lipinski definition) is 0. The molecule has 0 bridgehead atoms. The van der Waals surface area contributed by atoms with Gasteiger partial charge in [-0.25, -0.2) is 0 Å². The normalized spacial score (nSPS) is 20.2. The number of rotatable bonds is 2. The van der Waals surface area contributed by atoms with Gasteiger partial charge in [-0.15, -0.1) is 0 Å². The van der Waals surface area contributed by atoms with Gasteiger partial charge in [-0.2, -0.15) is 0 Å². The highest BCUT2D eigenvalue weighted by atomic mass is 35.5. The van der Waals surface area contributed by atoms with Crippen LogP contribution in [0.25, 0.3) is 0 Å². The highest BCUT2D eigenvalue weighted by molar-refractivity contribution is 6.30. The quantitative estimate of drug-likeness (QED) is 0.573. The summed E-state index contributed by atoms with van der Waals surface area (Å²) < 4.78 is 10.3. The Kier molecular flexibility index (Phi) is 3.23. The van der Waals surface area contributed by atoms with Gasteiger partial charge < -0.3 is 9.47 Å². The van der Waals surface area contributed by atoms with Gasteiger partial charge in [0.25, 0.3) is 0 Å². The lowest BCUT2D eigenvalue weighted by molar-refractivity contribution is -0.138. The molecule has 0 saturated carbocycles. The van der Waals surface area contributed by atoms with Crippen molar-refractivity contribution in [2.75, 3.05) is 13.2 Å². The first-order chi connectivity index (χ1) is 7.25. The lowest BCUT2D eigenvalue weighted by atomic mass is 10.1.